The van der Waals surface area contributed by atoms with Crippen molar-refractivity contribution in [1.29, 1.82) is 0 Å². The van der Waals surface area contributed by atoms with Crippen LogP contribution in [-0.4, -0.2) is 29.6 Å². The maximum atomic E-state index is 12.8. The smallest absolute Gasteiger partial charge is 0.255 e. The van der Waals surface area contributed by atoms with Gasteiger partial charge in [-0.3, -0.25) is 4.79 Å². The zero-order valence-corrected chi connectivity index (χ0v) is 16.9. The van der Waals surface area contributed by atoms with Gasteiger partial charge in [-0.1, -0.05) is 19.1 Å². The number of benzene rings is 3. The fourth-order valence-electron chi connectivity index (χ4n) is 3.16. The van der Waals surface area contributed by atoms with E-state index in [1.165, 1.54) is 0 Å². The maximum Gasteiger partial charge on any atom is 0.255 e. The molecule has 0 aliphatic rings. The van der Waals surface area contributed by atoms with Crippen LogP contribution in [0.1, 0.15) is 23.7 Å². The Hall–Kier alpha value is -3.80. The molecule has 0 spiro atoms. The third kappa shape index (κ3) is 4.12. The van der Waals surface area contributed by atoms with Crippen LogP contribution < -0.4 is 14.8 Å². The standard InChI is InChI=1S/C24H23N3O3/c1-3-14-30-18-11-8-16(9-12-18)24(28)27-21-15-17(10-13-22(21)29-2)23-25-19-6-4-5-7-20(19)26-23/h4-13,15H,3,14H2,1-2H3,(H,25,26)(H,27,28). The molecule has 2 N–H and O–H groups in total. The first-order valence-electron chi connectivity index (χ1n) is 9.85. The summed E-state index contributed by atoms with van der Waals surface area (Å²) in [6, 6.07) is 20.5. The molecule has 0 aliphatic heterocycles. The fourth-order valence-corrected chi connectivity index (χ4v) is 3.16. The van der Waals surface area contributed by atoms with Crippen molar-refractivity contribution in [1.82, 2.24) is 9.97 Å². The second-order valence-electron chi connectivity index (χ2n) is 6.84. The first-order valence-corrected chi connectivity index (χ1v) is 9.85. The number of aromatic nitrogens is 2. The number of nitrogens with one attached hydrogen (secondary N) is 2. The van der Waals surface area contributed by atoms with Crippen LogP contribution in [0.3, 0.4) is 0 Å². The Labute approximate surface area is 174 Å². The van der Waals surface area contributed by atoms with Crippen LogP contribution >= 0.6 is 0 Å². The second-order valence-corrected chi connectivity index (χ2v) is 6.84. The van der Waals surface area contributed by atoms with E-state index in [4.69, 9.17) is 9.47 Å². The molecular weight excluding hydrogens is 378 g/mol. The first kappa shape index (κ1) is 19.5. The molecule has 0 aliphatic carbocycles. The Morgan fingerprint density at radius 1 is 1.07 bits per heavy atom. The highest BCUT2D eigenvalue weighted by Gasteiger charge is 2.13. The molecule has 0 saturated carbocycles. The van der Waals surface area contributed by atoms with E-state index in [9.17, 15) is 4.79 Å². The molecule has 6 heteroatoms. The van der Waals surface area contributed by atoms with Crippen LogP contribution in [-0.2, 0) is 0 Å². The molecule has 0 atom stereocenters. The SMILES string of the molecule is CCCOc1ccc(C(=O)Nc2cc(-c3nc4ccccc4[nH]3)ccc2OC)cc1. The third-order valence-corrected chi connectivity index (χ3v) is 4.70. The van der Waals surface area contributed by atoms with Crippen molar-refractivity contribution >= 4 is 22.6 Å². The van der Waals surface area contributed by atoms with E-state index in [0.717, 1.165) is 34.6 Å². The van der Waals surface area contributed by atoms with E-state index in [-0.39, 0.29) is 5.91 Å². The summed E-state index contributed by atoms with van der Waals surface area (Å²) in [4.78, 5) is 20.7. The minimum absolute atomic E-state index is 0.225. The normalized spacial score (nSPS) is 10.7. The molecule has 0 bridgehead atoms. The van der Waals surface area contributed by atoms with Crippen LogP contribution in [0.2, 0.25) is 0 Å². The highest BCUT2D eigenvalue weighted by Crippen LogP contribution is 2.31. The molecule has 0 radical (unpaired) electrons. The third-order valence-electron chi connectivity index (χ3n) is 4.70. The van der Waals surface area contributed by atoms with Gasteiger partial charge in [-0.2, -0.15) is 0 Å². The topological polar surface area (TPSA) is 76.2 Å². The Morgan fingerprint density at radius 3 is 2.60 bits per heavy atom. The molecule has 1 amide bonds. The lowest BCUT2D eigenvalue weighted by atomic mass is 10.1. The quantitative estimate of drug-likeness (QED) is 0.442. The number of carbonyl (C=O) groups is 1. The van der Waals surface area contributed by atoms with E-state index in [1.807, 2.05) is 42.5 Å². The van der Waals surface area contributed by atoms with E-state index in [0.29, 0.717) is 23.6 Å². The van der Waals surface area contributed by atoms with Gasteiger partial charge in [0.2, 0.25) is 0 Å². The van der Waals surface area contributed by atoms with Gasteiger partial charge in [0.25, 0.3) is 5.91 Å². The number of aromatic amines is 1. The highest BCUT2D eigenvalue weighted by atomic mass is 16.5. The molecule has 6 nitrogen and oxygen atoms in total. The monoisotopic (exact) mass is 401 g/mol. The van der Waals surface area contributed by atoms with Crippen LogP contribution in [0.15, 0.2) is 66.7 Å². The molecule has 3 aromatic carbocycles. The van der Waals surface area contributed by atoms with Crippen molar-refractivity contribution in [2.45, 2.75) is 13.3 Å². The van der Waals surface area contributed by atoms with Gasteiger partial charge >= 0.3 is 0 Å². The van der Waals surface area contributed by atoms with Crippen LogP contribution in [0, 0.1) is 0 Å². The summed E-state index contributed by atoms with van der Waals surface area (Å²) in [5.41, 5.74) is 3.81. The predicted molar refractivity (Wildman–Crippen MR) is 118 cm³/mol. The van der Waals surface area contributed by atoms with Crippen molar-refractivity contribution in [2.24, 2.45) is 0 Å². The molecular formula is C24H23N3O3. The number of carbonyl (C=O) groups excluding carboxylic acids is 1. The number of para-hydroxylation sites is 2. The number of anilines is 1. The lowest BCUT2D eigenvalue weighted by molar-refractivity contribution is 0.102. The largest absolute Gasteiger partial charge is 0.495 e. The van der Waals surface area contributed by atoms with Crippen molar-refractivity contribution in [3.8, 4) is 22.9 Å². The van der Waals surface area contributed by atoms with Crippen molar-refractivity contribution in [3.63, 3.8) is 0 Å². The number of nitrogens with zero attached hydrogens (tertiary/aromatic N) is 1. The Bertz CT molecular complexity index is 1130. The minimum atomic E-state index is -0.225. The lowest BCUT2D eigenvalue weighted by Crippen LogP contribution is -2.12. The van der Waals surface area contributed by atoms with Gasteiger partial charge in [0, 0.05) is 11.1 Å². The summed E-state index contributed by atoms with van der Waals surface area (Å²) in [7, 11) is 1.58. The summed E-state index contributed by atoms with van der Waals surface area (Å²) >= 11 is 0. The number of methoxy groups -OCH3 is 1. The minimum Gasteiger partial charge on any atom is -0.495 e. The Kier molecular flexibility index (Phi) is 5.66. The maximum absolute atomic E-state index is 12.8. The molecule has 0 fully saturated rings. The van der Waals surface area contributed by atoms with Crippen LogP contribution in [0.4, 0.5) is 5.69 Å². The predicted octanol–water partition coefficient (Wildman–Crippen LogP) is 5.28. The number of H-pyrrole nitrogens is 1. The van der Waals surface area contributed by atoms with Crippen molar-refractivity contribution in [3.05, 3.63) is 72.3 Å². The van der Waals surface area contributed by atoms with E-state index in [1.54, 1.807) is 31.4 Å². The molecule has 0 saturated heterocycles. The van der Waals surface area contributed by atoms with E-state index in [2.05, 4.69) is 22.2 Å². The van der Waals surface area contributed by atoms with Gasteiger partial charge in [-0.05, 0) is 61.0 Å². The number of imidazole rings is 1. The van der Waals surface area contributed by atoms with Gasteiger partial charge in [0.15, 0.2) is 0 Å². The van der Waals surface area contributed by atoms with Crippen LogP contribution in [0.25, 0.3) is 22.4 Å². The summed E-state index contributed by atoms with van der Waals surface area (Å²) in [5.74, 6) is 1.83. The van der Waals surface area contributed by atoms with E-state index < -0.39 is 0 Å². The van der Waals surface area contributed by atoms with Gasteiger partial charge in [-0.15, -0.1) is 0 Å². The van der Waals surface area contributed by atoms with Crippen LogP contribution in [0.5, 0.6) is 11.5 Å². The number of hydrogen-bond acceptors (Lipinski definition) is 4. The highest BCUT2D eigenvalue weighted by molar-refractivity contribution is 6.05. The fraction of sp³-hybridized carbons (Fsp3) is 0.167. The van der Waals surface area contributed by atoms with Gasteiger partial charge < -0.3 is 19.8 Å². The van der Waals surface area contributed by atoms with Crippen molar-refractivity contribution < 1.29 is 14.3 Å². The second kappa shape index (κ2) is 8.69. The van der Waals surface area contributed by atoms with Gasteiger partial charge in [0.1, 0.15) is 17.3 Å². The Morgan fingerprint density at radius 2 is 1.87 bits per heavy atom. The van der Waals surface area contributed by atoms with E-state index >= 15 is 0 Å². The summed E-state index contributed by atoms with van der Waals surface area (Å²) in [5, 5.41) is 2.94. The number of hydrogen-bond donors (Lipinski definition) is 2. The summed E-state index contributed by atoms with van der Waals surface area (Å²) in [6.07, 6.45) is 0.934. The number of fused-ring (bicyclic) bond motifs is 1. The molecule has 4 aromatic rings. The molecule has 0 unspecified atom stereocenters. The lowest BCUT2D eigenvalue weighted by Gasteiger charge is -2.12. The first-order chi connectivity index (χ1) is 14.7. The van der Waals surface area contributed by atoms with Gasteiger partial charge in [-0.25, -0.2) is 4.98 Å². The summed E-state index contributed by atoms with van der Waals surface area (Å²) in [6.45, 7) is 2.70. The zero-order valence-electron chi connectivity index (χ0n) is 16.9. The molecule has 30 heavy (non-hydrogen) atoms. The molecule has 152 valence electrons. The number of rotatable bonds is 7. The summed E-state index contributed by atoms with van der Waals surface area (Å²) < 4.78 is 11.0. The zero-order chi connectivity index (χ0) is 20.9. The molecule has 4 rings (SSSR count). The number of amides is 1. The molecule has 1 aromatic heterocycles. The van der Waals surface area contributed by atoms with Crippen molar-refractivity contribution in [2.75, 3.05) is 19.0 Å². The Balaban J connectivity index is 1.58. The number of ether oxygens (including phenoxy) is 2. The average molecular weight is 401 g/mol. The average Bonchev–Trinajstić information content (AvgIpc) is 3.22. The molecule has 1 heterocycles. The van der Waals surface area contributed by atoms with Gasteiger partial charge in [0.05, 0.1) is 30.4 Å².